The summed E-state index contributed by atoms with van der Waals surface area (Å²) in [6.07, 6.45) is 1.85. The Hall–Kier alpha value is -1.87. The van der Waals surface area contributed by atoms with Gasteiger partial charge >= 0.3 is 0 Å². The molecule has 2 aromatic carbocycles. The van der Waals surface area contributed by atoms with Crippen molar-refractivity contribution in [2.45, 2.75) is 6.54 Å². The molecule has 0 N–H and O–H groups in total. The van der Waals surface area contributed by atoms with Crippen molar-refractivity contribution in [3.8, 4) is 0 Å². The molecule has 0 saturated heterocycles. The zero-order valence-corrected chi connectivity index (χ0v) is 11.8. The van der Waals surface area contributed by atoms with Crippen LogP contribution in [0.15, 0.2) is 70.1 Å². The van der Waals surface area contributed by atoms with E-state index in [1.807, 2.05) is 42.6 Å². The monoisotopic (exact) mass is 313 g/mol. The third kappa shape index (κ3) is 2.34. The molecule has 1 heterocycles. The van der Waals surface area contributed by atoms with Gasteiger partial charge in [-0.2, -0.15) is 0 Å². The number of benzene rings is 2. The highest BCUT2D eigenvalue weighted by atomic mass is 79.9. The zero-order chi connectivity index (χ0) is 13.2. The second kappa shape index (κ2) is 5.02. The van der Waals surface area contributed by atoms with E-state index in [-0.39, 0.29) is 5.43 Å². The Kier molecular flexibility index (Phi) is 3.22. The number of nitrogens with zero attached hydrogens (tertiary/aromatic N) is 1. The molecule has 19 heavy (non-hydrogen) atoms. The van der Waals surface area contributed by atoms with Crippen LogP contribution in [0.1, 0.15) is 5.56 Å². The molecule has 3 heteroatoms. The second-order valence-electron chi connectivity index (χ2n) is 4.43. The Morgan fingerprint density at radius 1 is 0.947 bits per heavy atom. The molecule has 0 saturated carbocycles. The molecule has 0 radical (unpaired) electrons. The van der Waals surface area contributed by atoms with Gasteiger partial charge in [-0.1, -0.05) is 36.4 Å². The number of fused-ring (bicyclic) bond motifs is 1. The largest absolute Gasteiger partial charge is 0.343 e. The summed E-state index contributed by atoms with van der Waals surface area (Å²) in [5.41, 5.74) is 2.21. The molecule has 3 aromatic rings. The van der Waals surface area contributed by atoms with E-state index >= 15 is 0 Å². The van der Waals surface area contributed by atoms with Crippen LogP contribution < -0.4 is 5.43 Å². The third-order valence-electron chi connectivity index (χ3n) is 3.15. The number of pyridine rings is 1. The van der Waals surface area contributed by atoms with E-state index in [0.29, 0.717) is 0 Å². The molecule has 0 fully saturated rings. The lowest BCUT2D eigenvalue weighted by Crippen LogP contribution is -2.09. The molecule has 0 aliphatic rings. The van der Waals surface area contributed by atoms with Gasteiger partial charge in [-0.15, -0.1) is 0 Å². The van der Waals surface area contributed by atoms with E-state index in [0.717, 1.165) is 21.9 Å². The number of hydrogen-bond acceptors (Lipinski definition) is 1. The summed E-state index contributed by atoms with van der Waals surface area (Å²) in [4.78, 5) is 12.0. The van der Waals surface area contributed by atoms with Crippen molar-refractivity contribution in [2.75, 3.05) is 0 Å². The average Bonchev–Trinajstić information content (AvgIpc) is 2.43. The van der Waals surface area contributed by atoms with Gasteiger partial charge in [0, 0.05) is 23.3 Å². The smallest absolute Gasteiger partial charge is 0.190 e. The van der Waals surface area contributed by atoms with E-state index in [2.05, 4.69) is 32.6 Å². The van der Waals surface area contributed by atoms with Crippen molar-refractivity contribution in [2.24, 2.45) is 0 Å². The highest BCUT2D eigenvalue weighted by molar-refractivity contribution is 9.10. The molecule has 0 aliphatic heterocycles. The van der Waals surface area contributed by atoms with Crippen LogP contribution in [0.3, 0.4) is 0 Å². The topological polar surface area (TPSA) is 22.0 Å². The lowest BCUT2D eigenvalue weighted by Gasteiger charge is -2.11. The second-order valence-corrected chi connectivity index (χ2v) is 5.28. The van der Waals surface area contributed by atoms with E-state index < -0.39 is 0 Å². The first-order chi connectivity index (χ1) is 9.25. The molecule has 0 amide bonds. The lowest BCUT2D eigenvalue weighted by molar-refractivity contribution is 0.825. The Labute approximate surface area is 119 Å². The molecular weight excluding hydrogens is 302 g/mol. The molecule has 2 nitrogen and oxygen atoms in total. The van der Waals surface area contributed by atoms with Gasteiger partial charge in [-0.3, -0.25) is 4.79 Å². The first kappa shape index (κ1) is 12.2. The minimum absolute atomic E-state index is 0.0480. The van der Waals surface area contributed by atoms with Gasteiger partial charge in [0.2, 0.25) is 0 Å². The van der Waals surface area contributed by atoms with Crippen LogP contribution in [-0.4, -0.2) is 4.57 Å². The van der Waals surface area contributed by atoms with Gasteiger partial charge in [0.1, 0.15) is 0 Å². The fourth-order valence-corrected chi connectivity index (χ4v) is 2.79. The maximum Gasteiger partial charge on any atom is 0.190 e. The van der Waals surface area contributed by atoms with E-state index in [1.54, 1.807) is 6.07 Å². The Morgan fingerprint density at radius 2 is 1.74 bits per heavy atom. The number of halogens is 1. The molecule has 1 aromatic heterocycles. The molecule has 3 rings (SSSR count). The predicted molar refractivity (Wildman–Crippen MR) is 81.5 cm³/mol. The van der Waals surface area contributed by atoms with Gasteiger partial charge < -0.3 is 4.57 Å². The van der Waals surface area contributed by atoms with Crippen molar-refractivity contribution < 1.29 is 0 Å². The zero-order valence-electron chi connectivity index (χ0n) is 10.2. The van der Waals surface area contributed by atoms with Gasteiger partial charge in [0.25, 0.3) is 0 Å². The SMILES string of the molecule is O=c1ccn(Cc2ccccc2)c2cccc(Br)c12. The number of hydrogen-bond donors (Lipinski definition) is 0. The standard InChI is InChI=1S/C16H12BrNO/c17-13-7-4-8-14-16(13)15(19)9-10-18(14)11-12-5-2-1-3-6-12/h1-10H,11H2. The summed E-state index contributed by atoms with van der Waals surface area (Å²) in [6, 6.07) is 17.7. The predicted octanol–water partition coefficient (Wildman–Crippen LogP) is 3.81. The van der Waals surface area contributed by atoms with Crippen molar-refractivity contribution in [1.29, 1.82) is 0 Å². The highest BCUT2D eigenvalue weighted by Crippen LogP contribution is 2.21. The van der Waals surface area contributed by atoms with Crippen molar-refractivity contribution >= 4 is 26.8 Å². The van der Waals surface area contributed by atoms with Gasteiger partial charge in [-0.25, -0.2) is 0 Å². The van der Waals surface area contributed by atoms with Crippen LogP contribution in [0, 0.1) is 0 Å². The third-order valence-corrected chi connectivity index (χ3v) is 3.81. The molecule has 0 bridgehead atoms. The quantitative estimate of drug-likeness (QED) is 0.705. The van der Waals surface area contributed by atoms with Gasteiger partial charge in [0.15, 0.2) is 5.43 Å². The maximum atomic E-state index is 12.0. The van der Waals surface area contributed by atoms with Crippen LogP contribution in [0.5, 0.6) is 0 Å². The lowest BCUT2D eigenvalue weighted by atomic mass is 10.2. The average molecular weight is 314 g/mol. The molecule has 0 spiro atoms. The number of rotatable bonds is 2. The van der Waals surface area contributed by atoms with E-state index in [9.17, 15) is 4.79 Å². The van der Waals surface area contributed by atoms with Crippen LogP contribution in [0.4, 0.5) is 0 Å². The normalized spacial score (nSPS) is 10.8. The molecule has 0 unspecified atom stereocenters. The summed E-state index contributed by atoms with van der Waals surface area (Å²) >= 11 is 3.45. The highest BCUT2D eigenvalue weighted by Gasteiger charge is 2.06. The summed E-state index contributed by atoms with van der Waals surface area (Å²) in [7, 11) is 0. The summed E-state index contributed by atoms with van der Waals surface area (Å²) in [6.45, 7) is 0.758. The summed E-state index contributed by atoms with van der Waals surface area (Å²) in [5.74, 6) is 0. The Balaban J connectivity index is 2.18. The van der Waals surface area contributed by atoms with Crippen LogP contribution >= 0.6 is 15.9 Å². The fraction of sp³-hybridized carbons (Fsp3) is 0.0625. The molecule has 0 aliphatic carbocycles. The van der Waals surface area contributed by atoms with Crippen LogP contribution in [-0.2, 0) is 6.54 Å². The van der Waals surface area contributed by atoms with Crippen molar-refractivity contribution in [1.82, 2.24) is 4.57 Å². The summed E-state index contributed by atoms with van der Waals surface area (Å²) in [5, 5.41) is 0.737. The fourth-order valence-electron chi connectivity index (χ4n) is 2.24. The molecular formula is C16H12BrNO. The van der Waals surface area contributed by atoms with Crippen LogP contribution in [0.25, 0.3) is 10.9 Å². The number of aromatic nitrogens is 1. The van der Waals surface area contributed by atoms with E-state index in [4.69, 9.17) is 0 Å². The minimum Gasteiger partial charge on any atom is -0.343 e. The summed E-state index contributed by atoms with van der Waals surface area (Å²) < 4.78 is 2.94. The molecule has 94 valence electrons. The minimum atomic E-state index is 0.0480. The first-order valence-corrected chi connectivity index (χ1v) is 6.86. The molecule has 0 atom stereocenters. The Bertz CT molecular complexity index is 778. The van der Waals surface area contributed by atoms with E-state index in [1.165, 1.54) is 5.56 Å². The maximum absolute atomic E-state index is 12.0. The van der Waals surface area contributed by atoms with Crippen LogP contribution in [0.2, 0.25) is 0 Å². The van der Waals surface area contributed by atoms with Crippen molar-refractivity contribution in [3.63, 3.8) is 0 Å². The van der Waals surface area contributed by atoms with Crippen molar-refractivity contribution in [3.05, 3.63) is 81.1 Å². The first-order valence-electron chi connectivity index (χ1n) is 6.07. The van der Waals surface area contributed by atoms with Gasteiger partial charge in [0.05, 0.1) is 10.9 Å². The van der Waals surface area contributed by atoms with Gasteiger partial charge in [-0.05, 0) is 33.6 Å². The Morgan fingerprint density at radius 3 is 2.53 bits per heavy atom.